The van der Waals surface area contributed by atoms with E-state index in [4.69, 9.17) is 10.3 Å². The molecule has 0 spiro atoms. The molecule has 0 aliphatic carbocycles. The summed E-state index contributed by atoms with van der Waals surface area (Å²) >= 11 is 0. The maximum atomic E-state index is 10.5. The highest BCUT2D eigenvalue weighted by Crippen LogP contribution is 2.10. The Hall–Kier alpha value is -1.39. The van der Waals surface area contributed by atoms with Crippen molar-refractivity contribution in [3.05, 3.63) is 35.9 Å². The summed E-state index contributed by atoms with van der Waals surface area (Å²) in [5.41, 5.74) is 2.24. The summed E-state index contributed by atoms with van der Waals surface area (Å²) in [5, 5.41) is 17.1. The van der Waals surface area contributed by atoms with Gasteiger partial charge >= 0.3 is 5.97 Å². The fraction of sp³-hybridized carbons (Fsp3) is 0.125. The number of hydroxylamine groups is 1. The lowest BCUT2D eigenvalue weighted by Crippen LogP contribution is -2.25. The van der Waals surface area contributed by atoms with Gasteiger partial charge in [-0.1, -0.05) is 30.3 Å². The zero-order valence-electron chi connectivity index (χ0n) is 6.27. The largest absolute Gasteiger partial charge is 0.480 e. The van der Waals surface area contributed by atoms with Crippen molar-refractivity contribution in [3.8, 4) is 0 Å². The first-order valence-corrected chi connectivity index (χ1v) is 3.43. The van der Waals surface area contributed by atoms with E-state index in [1.165, 1.54) is 0 Å². The molecule has 4 nitrogen and oxygen atoms in total. The second kappa shape index (κ2) is 3.85. The first-order valence-electron chi connectivity index (χ1n) is 3.43. The summed E-state index contributed by atoms with van der Waals surface area (Å²) in [6.07, 6.45) is 0. The maximum absolute atomic E-state index is 10.5. The second-order valence-electron chi connectivity index (χ2n) is 2.31. The molecule has 1 rings (SSSR count). The SMILES string of the molecule is O=C(O)[C@H](NO)c1ccccc1. The molecule has 64 valence electrons. The van der Waals surface area contributed by atoms with Gasteiger partial charge in [-0.05, 0) is 5.56 Å². The molecule has 0 unspecified atom stereocenters. The molecule has 1 atom stereocenters. The molecule has 0 saturated carbocycles. The van der Waals surface area contributed by atoms with Crippen molar-refractivity contribution in [3.63, 3.8) is 0 Å². The van der Waals surface area contributed by atoms with E-state index >= 15 is 0 Å². The number of aliphatic carboxylic acids is 1. The smallest absolute Gasteiger partial charge is 0.327 e. The summed E-state index contributed by atoms with van der Waals surface area (Å²) in [5.74, 6) is -1.11. The normalized spacial score (nSPS) is 12.4. The molecule has 3 N–H and O–H groups in total. The van der Waals surface area contributed by atoms with Crippen molar-refractivity contribution in [1.82, 2.24) is 5.48 Å². The van der Waals surface area contributed by atoms with Gasteiger partial charge in [0, 0.05) is 0 Å². The monoisotopic (exact) mass is 167 g/mol. The molecule has 0 saturated heterocycles. The molecule has 0 aromatic heterocycles. The molecular formula is C8H9NO3. The highest BCUT2D eigenvalue weighted by Gasteiger charge is 2.17. The van der Waals surface area contributed by atoms with Crippen LogP contribution in [0, 0.1) is 0 Å². The molecule has 0 fully saturated rings. The van der Waals surface area contributed by atoms with Gasteiger partial charge in [-0.3, -0.25) is 4.79 Å². The molecule has 0 heterocycles. The minimum Gasteiger partial charge on any atom is -0.480 e. The third-order valence-electron chi connectivity index (χ3n) is 1.51. The van der Waals surface area contributed by atoms with Crippen LogP contribution in [0.3, 0.4) is 0 Å². The van der Waals surface area contributed by atoms with E-state index in [0.29, 0.717) is 5.56 Å². The Balaban J connectivity index is 2.88. The van der Waals surface area contributed by atoms with Crippen LogP contribution in [0.5, 0.6) is 0 Å². The number of hydrogen-bond donors (Lipinski definition) is 3. The minimum atomic E-state index is -1.11. The zero-order chi connectivity index (χ0) is 8.97. The Kier molecular flexibility index (Phi) is 2.79. The third kappa shape index (κ3) is 1.81. The van der Waals surface area contributed by atoms with Crippen LogP contribution in [0.2, 0.25) is 0 Å². The molecule has 0 aliphatic heterocycles. The highest BCUT2D eigenvalue weighted by molar-refractivity contribution is 5.75. The molecular weight excluding hydrogens is 158 g/mol. The van der Waals surface area contributed by atoms with E-state index in [2.05, 4.69) is 0 Å². The van der Waals surface area contributed by atoms with E-state index < -0.39 is 12.0 Å². The maximum Gasteiger partial charge on any atom is 0.327 e. The number of hydrogen-bond acceptors (Lipinski definition) is 3. The van der Waals surface area contributed by atoms with E-state index in [1.54, 1.807) is 35.8 Å². The van der Waals surface area contributed by atoms with E-state index in [0.717, 1.165) is 0 Å². The van der Waals surface area contributed by atoms with Crippen LogP contribution in [-0.4, -0.2) is 16.3 Å². The molecule has 0 radical (unpaired) electrons. The molecule has 1 aromatic rings. The van der Waals surface area contributed by atoms with Gasteiger partial charge in [0.15, 0.2) is 6.04 Å². The summed E-state index contributed by atoms with van der Waals surface area (Å²) in [4.78, 5) is 10.5. The van der Waals surface area contributed by atoms with Gasteiger partial charge < -0.3 is 10.3 Å². The number of nitrogens with one attached hydrogen (secondary N) is 1. The fourth-order valence-corrected chi connectivity index (χ4v) is 0.918. The van der Waals surface area contributed by atoms with Crippen LogP contribution in [0.1, 0.15) is 11.6 Å². The van der Waals surface area contributed by atoms with Gasteiger partial charge in [0.2, 0.25) is 0 Å². The number of carboxylic acids is 1. The van der Waals surface area contributed by atoms with Gasteiger partial charge in [0.1, 0.15) is 0 Å². The molecule has 1 aromatic carbocycles. The zero-order valence-corrected chi connectivity index (χ0v) is 6.27. The van der Waals surface area contributed by atoms with E-state index in [9.17, 15) is 4.79 Å². The standard InChI is InChI=1S/C8H9NO3/c10-8(11)7(9-12)6-4-2-1-3-5-6/h1-5,7,9,12H,(H,10,11)/t7-/m1/s1. The quantitative estimate of drug-likeness (QED) is 0.582. The Morgan fingerprint density at radius 1 is 1.33 bits per heavy atom. The number of rotatable bonds is 3. The number of carboxylic acid groups (broad SMARTS) is 1. The van der Waals surface area contributed by atoms with Crippen LogP contribution in [-0.2, 0) is 4.79 Å². The van der Waals surface area contributed by atoms with Crippen LogP contribution in [0.25, 0.3) is 0 Å². The first-order chi connectivity index (χ1) is 5.75. The molecule has 0 bridgehead atoms. The molecule has 4 heteroatoms. The molecule has 12 heavy (non-hydrogen) atoms. The lowest BCUT2D eigenvalue weighted by molar-refractivity contribution is -0.142. The Morgan fingerprint density at radius 2 is 1.92 bits per heavy atom. The average molecular weight is 167 g/mol. The van der Waals surface area contributed by atoms with Crippen molar-refractivity contribution < 1.29 is 15.1 Å². The fourth-order valence-electron chi connectivity index (χ4n) is 0.918. The van der Waals surface area contributed by atoms with Crippen molar-refractivity contribution in [2.45, 2.75) is 6.04 Å². The van der Waals surface area contributed by atoms with Crippen LogP contribution >= 0.6 is 0 Å². The average Bonchev–Trinajstić information content (AvgIpc) is 2.07. The Bertz CT molecular complexity index is 260. The predicted molar refractivity (Wildman–Crippen MR) is 41.7 cm³/mol. The van der Waals surface area contributed by atoms with Crippen LogP contribution in [0.4, 0.5) is 0 Å². The Labute approximate surface area is 69.4 Å². The number of benzene rings is 1. The Morgan fingerprint density at radius 3 is 2.33 bits per heavy atom. The van der Waals surface area contributed by atoms with Gasteiger partial charge in [-0.25, -0.2) is 0 Å². The summed E-state index contributed by atoms with van der Waals surface area (Å²) in [7, 11) is 0. The summed E-state index contributed by atoms with van der Waals surface area (Å²) in [6, 6.07) is 7.40. The van der Waals surface area contributed by atoms with E-state index in [1.807, 2.05) is 0 Å². The first kappa shape index (κ1) is 8.70. The second-order valence-corrected chi connectivity index (χ2v) is 2.31. The number of carbonyl (C=O) groups is 1. The van der Waals surface area contributed by atoms with E-state index in [-0.39, 0.29) is 0 Å². The summed E-state index contributed by atoms with van der Waals surface area (Å²) in [6.45, 7) is 0. The van der Waals surface area contributed by atoms with Crippen LogP contribution < -0.4 is 5.48 Å². The molecule has 0 aliphatic rings. The highest BCUT2D eigenvalue weighted by atomic mass is 16.5. The third-order valence-corrected chi connectivity index (χ3v) is 1.51. The van der Waals surface area contributed by atoms with Crippen molar-refractivity contribution >= 4 is 5.97 Å². The van der Waals surface area contributed by atoms with Gasteiger partial charge in [-0.2, -0.15) is 5.48 Å². The van der Waals surface area contributed by atoms with Gasteiger partial charge in [0.05, 0.1) is 0 Å². The molecule has 0 amide bonds. The van der Waals surface area contributed by atoms with Crippen molar-refractivity contribution in [1.29, 1.82) is 0 Å². The van der Waals surface area contributed by atoms with Crippen LogP contribution in [0.15, 0.2) is 30.3 Å². The lowest BCUT2D eigenvalue weighted by Gasteiger charge is -2.08. The predicted octanol–water partition coefficient (Wildman–Crippen LogP) is 0.791. The minimum absolute atomic E-state index is 0.521. The van der Waals surface area contributed by atoms with Crippen molar-refractivity contribution in [2.24, 2.45) is 0 Å². The van der Waals surface area contributed by atoms with Gasteiger partial charge in [-0.15, -0.1) is 0 Å². The topological polar surface area (TPSA) is 69.6 Å². The van der Waals surface area contributed by atoms with Gasteiger partial charge in [0.25, 0.3) is 0 Å². The lowest BCUT2D eigenvalue weighted by atomic mass is 10.1. The summed E-state index contributed by atoms with van der Waals surface area (Å²) < 4.78 is 0. The van der Waals surface area contributed by atoms with Crippen molar-refractivity contribution in [2.75, 3.05) is 0 Å².